The van der Waals surface area contributed by atoms with Gasteiger partial charge in [0.25, 0.3) is 11.8 Å². The monoisotopic (exact) mass is 357 g/mol. The summed E-state index contributed by atoms with van der Waals surface area (Å²) in [5.41, 5.74) is 0.617. The van der Waals surface area contributed by atoms with Crippen molar-refractivity contribution in [1.29, 1.82) is 0 Å². The van der Waals surface area contributed by atoms with Crippen molar-refractivity contribution in [3.8, 4) is 11.5 Å². The molecule has 0 saturated heterocycles. The zero-order valence-corrected chi connectivity index (χ0v) is 13.0. The van der Waals surface area contributed by atoms with E-state index in [2.05, 4.69) is 15.5 Å². The van der Waals surface area contributed by atoms with Crippen LogP contribution in [0.25, 0.3) is 11.5 Å². The Kier molecular flexibility index (Phi) is 4.10. The maximum Gasteiger partial charge on any atom is 0.322 e. The van der Waals surface area contributed by atoms with Gasteiger partial charge in [-0.25, -0.2) is 4.39 Å². The van der Waals surface area contributed by atoms with Gasteiger partial charge in [-0.3, -0.25) is 10.1 Å². The molecular formula is C13H6Cl2FN3O2S. The first-order valence-electron chi connectivity index (χ1n) is 5.88. The molecule has 9 heteroatoms. The molecule has 5 nitrogen and oxygen atoms in total. The maximum absolute atomic E-state index is 13.1. The molecule has 1 N–H and O–H groups in total. The molecule has 0 radical (unpaired) electrons. The van der Waals surface area contributed by atoms with Crippen LogP contribution in [0.1, 0.15) is 10.4 Å². The highest BCUT2D eigenvalue weighted by molar-refractivity contribution is 7.20. The van der Waals surface area contributed by atoms with Gasteiger partial charge >= 0.3 is 6.01 Å². The lowest BCUT2D eigenvalue weighted by Gasteiger charge is -2.00. The Bertz CT molecular complexity index is 849. The van der Waals surface area contributed by atoms with Crippen molar-refractivity contribution in [3.05, 3.63) is 50.4 Å². The summed E-state index contributed by atoms with van der Waals surface area (Å²) in [5, 5.41) is 9.86. The molecule has 1 amide bonds. The zero-order valence-electron chi connectivity index (χ0n) is 10.6. The first-order valence-corrected chi connectivity index (χ1v) is 7.46. The SMILES string of the molecule is O=C(Nc1nnc(-c2cc(Cl)sc2Cl)o1)c1cccc(F)c1. The average molecular weight is 358 g/mol. The van der Waals surface area contributed by atoms with Crippen molar-refractivity contribution in [3.63, 3.8) is 0 Å². The van der Waals surface area contributed by atoms with Gasteiger partial charge in [0.2, 0.25) is 0 Å². The van der Waals surface area contributed by atoms with E-state index in [1.54, 1.807) is 6.07 Å². The molecule has 3 rings (SSSR count). The van der Waals surface area contributed by atoms with Crippen molar-refractivity contribution in [1.82, 2.24) is 10.2 Å². The number of carbonyl (C=O) groups is 1. The molecule has 0 aliphatic carbocycles. The first kappa shape index (κ1) is 15.0. The number of nitrogens with zero attached hydrogens (tertiary/aromatic N) is 2. The summed E-state index contributed by atoms with van der Waals surface area (Å²) in [7, 11) is 0. The van der Waals surface area contributed by atoms with Gasteiger partial charge in [0, 0.05) is 5.56 Å². The number of hydrogen-bond donors (Lipinski definition) is 1. The van der Waals surface area contributed by atoms with E-state index >= 15 is 0 Å². The smallest absolute Gasteiger partial charge is 0.322 e. The van der Waals surface area contributed by atoms with E-state index < -0.39 is 11.7 Å². The van der Waals surface area contributed by atoms with Gasteiger partial charge in [-0.05, 0) is 24.3 Å². The van der Waals surface area contributed by atoms with Crippen LogP contribution < -0.4 is 5.32 Å². The van der Waals surface area contributed by atoms with E-state index in [0.29, 0.717) is 14.2 Å². The lowest BCUT2D eigenvalue weighted by molar-refractivity contribution is 0.102. The van der Waals surface area contributed by atoms with Crippen LogP contribution in [0, 0.1) is 5.82 Å². The summed E-state index contributed by atoms with van der Waals surface area (Å²) >= 11 is 13.0. The van der Waals surface area contributed by atoms with Crippen LogP contribution in [0.5, 0.6) is 0 Å². The Morgan fingerprint density at radius 3 is 2.77 bits per heavy atom. The summed E-state index contributed by atoms with van der Waals surface area (Å²) < 4.78 is 19.3. The number of benzene rings is 1. The zero-order chi connectivity index (χ0) is 15.7. The number of hydrogen-bond acceptors (Lipinski definition) is 5. The summed E-state index contributed by atoms with van der Waals surface area (Å²) in [6.07, 6.45) is 0. The fourth-order valence-corrected chi connectivity index (χ4v) is 3.12. The Morgan fingerprint density at radius 2 is 2.09 bits per heavy atom. The molecule has 0 saturated carbocycles. The van der Waals surface area contributed by atoms with Crippen LogP contribution >= 0.6 is 34.5 Å². The van der Waals surface area contributed by atoms with E-state index in [4.69, 9.17) is 27.6 Å². The van der Waals surface area contributed by atoms with Crippen molar-refractivity contribution >= 4 is 46.5 Å². The summed E-state index contributed by atoms with van der Waals surface area (Å²) in [5.74, 6) is -0.953. The normalized spacial score (nSPS) is 10.7. The van der Waals surface area contributed by atoms with Crippen molar-refractivity contribution in [2.24, 2.45) is 0 Å². The van der Waals surface area contributed by atoms with Gasteiger partial charge in [0.05, 0.1) is 9.90 Å². The van der Waals surface area contributed by atoms with E-state index in [-0.39, 0.29) is 17.5 Å². The van der Waals surface area contributed by atoms with Gasteiger partial charge in [-0.2, -0.15) is 0 Å². The highest BCUT2D eigenvalue weighted by atomic mass is 35.5. The molecule has 112 valence electrons. The van der Waals surface area contributed by atoms with E-state index in [1.165, 1.54) is 18.2 Å². The Hall–Kier alpha value is -1.96. The second kappa shape index (κ2) is 6.04. The predicted molar refractivity (Wildman–Crippen MR) is 82.0 cm³/mol. The summed E-state index contributed by atoms with van der Waals surface area (Å²) in [4.78, 5) is 11.9. The number of amides is 1. The van der Waals surface area contributed by atoms with Crippen molar-refractivity contribution < 1.29 is 13.6 Å². The minimum absolute atomic E-state index is 0.123. The lowest BCUT2D eigenvalue weighted by Crippen LogP contribution is -2.12. The van der Waals surface area contributed by atoms with Gasteiger partial charge in [0.1, 0.15) is 10.2 Å². The molecule has 22 heavy (non-hydrogen) atoms. The fourth-order valence-electron chi connectivity index (χ4n) is 1.67. The van der Waals surface area contributed by atoms with Crippen LogP contribution in [0.4, 0.5) is 10.4 Å². The number of halogens is 3. The fraction of sp³-hybridized carbons (Fsp3) is 0. The van der Waals surface area contributed by atoms with E-state index in [1.807, 2.05) is 0 Å². The van der Waals surface area contributed by atoms with Crippen LogP contribution in [-0.2, 0) is 0 Å². The number of rotatable bonds is 3. The van der Waals surface area contributed by atoms with Gasteiger partial charge in [0.15, 0.2) is 0 Å². The van der Waals surface area contributed by atoms with Gasteiger partial charge < -0.3 is 4.42 Å². The largest absolute Gasteiger partial charge is 0.403 e. The summed E-state index contributed by atoms with van der Waals surface area (Å²) in [6.45, 7) is 0. The minimum Gasteiger partial charge on any atom is -0.403 e. The molecule has 0 aliphatic heterocycles. The maximum atomic E-state index is 13.1. The minimum atomic E-state index is -0.566. The highest BCUT2D eigenvalue weighted by Crippen LogP contribution is 2.37. The molecule has 0 bridgehead atoms. The van der Waals surface area contributed by atoms with Gasteiger partial charge in [-0.15, -0.1) is 16.4 Å². The van der Waals surface area contributed by atoms with Crippen LogP contribution in [0.2, 0.25) is 8.67 Å². The lowest BCUT2D eigenvalue weighted by atomic mass is 10.2. The van der Waals surface area contributed by atoms with E-state index in [0.717, 1.165) is 17.4 Å². The molecule has 3 aromatic rings. The topological polar surface area (TPSA) is 68.0 Å². The highest BCUT2D eigenvalue weighted by Gasteiger charge is 2.17. The van der Waals surface area contributed by atoms with Crippen LogP contribution in [-0.4, -0.2) is 16.1 Å². The quantitative estimate of drug-likeness (QED) is 0.749. The predicted octanol–water partition coefficient (Wildman–Crippen LogP) is 4.50. The molecule has 2 aromatic heterocycles. The Balaban J connectivity index is 1.80. The first-order chi connectivity index (χ1) is 10.5. The third kappa shape index (κ3) is 3.11. The molecule has 0 fully saturated rings. The summed E-state index contributed by atoms with van der Waals surface area (Å²) in [6, 6.07) is 6.69. The van der Waals surface area contributed by atoms with Crippen molar-refractivity contribution in [2.75, 3.05) is 5.32 Å². The number of carbonyl (C=O) groups excluding carboxylic acids is 1. The molecular weight excluding hydrogens is 352 g/mol. The Morgan fingerprint density at radius 1 is 1.27 bits per heavy atom. The number of anilines is 1. The van der Waals surface area contributed by atoms with Crippen LogP contribution in [0.3, 0.4) is 0 Å². The molecule has 0 atom stereocenters. The second-order valence-electron chi connectivity index (χ2n) is 4.11. The number of nitrogens with one attached hydrogen (secondary N) is 1. The van der Waals surface area contributed by atoms with Crippen molar-refractivity contribution in [2.45, 2.75) is 0 Å². The third-order valence-corrected chi connectivity index (χ3v) is 4.11. The number of aromatic nitrogens is 2. The molecule has 0 aliphatic rings. The molecule has 0 unspecified atom stereocenters. The third-order valence-electron chi connectivity index (χ3n) is 2.62. The van der Waals surface area contributed by atoms with Crippen LogP contribution in [0.15, 0.2) is 34.7 Å². The molecule has 2 heterocycles. The second-order valence-corrected chi connectivity index (χ2v) is 6.40. The number of thiophene rings is 1. The standard InChI is InChI=1S/C13H6Cl2FN3O2S/c14-9-5-8(10(15)22-9)12-18-19-13(21-12)17-11(20)6-2-1-3-7(16)4-6/h1-5H,(H,17,19,20). The van der Waals surface area contributed by atoms with Gasteiger partial charge in [-0.1, -0.05) is 34.4 Å². The average Bonchev–Trinajstić information content (AvgIpc) is 3.05. The molecule has 0 spiro atoms. The molecule has 1 aromatic carbocycles. The van der Waals surface area contributed by atoms with E-state index in [9.17, 15) is 9.18 Å². The Labute approximate surface area is 137 Å².